The molecule has 1 saturated carbocycles. The average molecular weight is 320 g/mol. The van der Waals surface area contributed by atoms with Crippen LogP contribution < -0.4 is 10.6 Å². The molecule has 2 amide bonds. The Labute approximate surface area is 136 Å². The van der Waals surface area contributed by atoms with E-state index in [-0.39, 0.29) is 12.5 Å². The van der Waals surface area contributed by atoms with Crippen LogP contribution >= 0.6 is 0 Å². The molecule has 1 aromatic carbocycles. The number of nitrogens with one attached hydrogen (secondary N) is 2. The van der Waals surface area contributed by atoms with Gasteiger partial charge in [-0.3, -0.25) is 10.1 Å². The monoisotopic (exact) mass is 320 g/mol. The number of amides is 2. The maximum absolute atomic E-state index is 12.0. The van der Waals surface area contributed by atoms with E-state index < -0.39 is 6.09 Å². The third kappa shape index (κ3) is 6.28. The second kappa shape index (κ2) is 9.15. The number of rotatable bonds is 7. The minimum Gasteiger partial charge on any atom is -0.447 e. The molecule has 0 radical (unpaired) electrons. The van der Waals surface area contributed by atoms with Crippen molar-refractivity contribution in [1.29, 1.82) is 0 Å². The summed E-state index contributed by atoms with van der Waals surface area (Å²) in [6.45, 7) is 0.546. The first-order valence-corrected chi connectivity index (χ1v) is 8.00. The summed E-state index contributed by atoms with van der Waals surface area (Å²) in [5.41, 5.74) is 1.24. The van der Waals surface area contributed by atoms with Gasteiger partial charge in [-0.15, -0.1) is 0 Å². The van der Waals surface area contributed by atoms with Gasteiger partial charge in [-0.1, -0.05) is 18.9 Å². The highest BCUT2D eigenvalue weighted by Crippen LogP contribution is 2.28. The van der Waals surface area contributed by atoms with Gasteiger partial charge < -0.3 is 14.8 Å². The topological polar surface area (TPSA) is 76.7 Å². The Kier molecular flexibility index (Phi) is 6.87. The van der Waals surface area contributed by atoms with Crippen LogP contribution in [0.2, 0.25) is 0 Å². The molecule has 6 nitrogen and oxygen atoms in total. The molecule has 2 N–H and O–H groups in total. The molecule has 0 aliphatic heterocycles. The van der Waals surface area contributed by atoms with Crippen LogP contribution in [0.25, 0.3) is 0 Å². The molecule has 2 rings (SSSR count). The number of benzene rings is 1. The van der Waals surface area contributed by atoms with Crippen LogP contribution in [0.3, 0.4) is 0 Å². The number of carbonyl (C=O) groups is 2. The van der Waals surface area contributed by atoms with Gasteiger partial charge in [0, 0.05) is 24.9 Å². The quantitative estimate of drug-likeness (QED) is 0.755. The molecule has 0 aromatic heterocycles. The summed E-state index contributed by atoms with van der Waals surface area (Å²) in [5, 5.41) is 5.50. The Balaban J connectivity index is 1.81. The lowest BCUT2D eigenvalue weighted by Crippen LogP contribution is -2.17. The van der Waals surface area contributed by atoms with Gasteiger partial charge in [0.2, 0.25) is 5.91 Å². The van der Waals surface area contributed by atoms with Crippen molar-refractivity contribution in [3.05, 3.63) is 24.3 Å². The van der Waals surface area contributed by atoms with Crippen LogP contribution in [0.15, 0.2) is 24.3 Å². The number of carbonyl (C=O) groups excluding carboxylic acids is 2. The number of methoxy groups -OCH3 is 1. The molecule has 1 fully saturated rings. The molecule has 126 valence electrons. The number of hydrogen-bond donors (Lipinski definition) is 2. The second-order valence-electron chi connectivity index (χ2n) is 5.74. The van der Waals surface area contributed by atoms with Gasteiger partial charge in [0.05, 0.1) is 6.61 Å². The van der Waals surface area contributed by atoms with Crippen LogP contribution in [0.1, 0.15) is 32.1 Å². The number of hydrogen-bond acceptors (Lipinski definition) is 4. The number of anilines is 2. The van der Waals surface area contributed by atoms with Gasteiger partial charge in [0.1, 0.15) is 6.61 Å². The molecule has 6 heteroatoms. The lowest BCUT2D eigenvalue weighted by Gasteiger charge is -2.11. The third-order valence-corrected chi connectivity index (χ3v) is 3.86. The van der Waals surface area contributed by atoms with Gasteiger partial charge in [0.25, 0.3) is 0 Å². The summed E-state index contributed by atoms with van der Waals surface area (Å²) in [6.07, 6.45) is 4.75. The first kappa shape index (κ1) is 17.3. The highest BCUT2D eigenvalue weighted by atomic mass is 16.6. The minimum atomic E-state index is -0.545. The molecule has 0 unspecified atom stereocenters. The minimum absolute atomic E-state index is 0.0247. The van der Waals surface area contributed by atoms with E-state index in [1.54, 1.807) is 31.4 Å². The fourth-order valence-electron chi connectivity index (χ4n) is 2.74. The van der Waals surface area contributed by atoms with Crippen LogP contribution in [-0.2, 0) is 14.3 Å². The van der Waals surface area contributed by atoms with Gasteiger partial charge in [0.15, 0.2) is 0 Å². The Hall–Kier alpha value is -2.08. The molecule has 1 aromatic rings. The van der Waals surface area contributed by atoms with Crippen LogP contribution in [0.4, 0.5) is 16.2 Å². The summed E-state index contributed by atoms with van der Waals surface area (Å²) in [7, 11) is 1.54. The van der Waals surface area contributed by atoms with Crippen LogP contribution in [-0.4, -0.2) is 32.3 Å². The van der Waals surface area contributed by atoms with E-state index in [9.17, 15) is 9.59 Å². The molecule has 1 aliphatic carbocycles. The molecule has 0 spiro atoms. The Bertz CT molecular complexity index is 527. The van der Waals surface area contributed by atoms with E-state index in [2.05, 4.69) is 10.6 Å². The van der Waals surface area contributed by atoms with E-state index in [0.717, 1.165) is 12.8 Å². The summed E-state index contributed by atoms with van der Waals surface area (Å²) in [5.74, 6) is 0.531. The first-order valence-electron chi connectivity index (χ1n) is 8.00. The predicted molar refractivity (Wildman–Crippen MR) is 88.5 cm³/mol. The van der Waals surface area contributed by atoms with Gasteiger partial charge in [-0.25, -0.2) is 4.79 Å². The van der Waals surface area contributed by atoms with Crippen molar-refractivity contribution < 1.29 is 19.1 Å². The second-order valence-corrected chi connectivity index (χ2v) is 5.74. The van der Waals surface area contributed by atoms with Crippen molar-refractivity contribution in [1.82, 2.24) is 0 Å². The molecule has 0 bridgehead atoms. The van der Waals surface area contributed by atoms with Gasteiger partial charge in [-0.2, -0.15) is 0 Å². The lowest BCUT2D eigenvalue weighted by atomic mass is 10.0. The van der Waals surface area contributed by atoms with Crippen molar-refractivity contribution in [3.63, 3.8) is 0 Å². The van der Waals surface area contributed by atoms with E-state index >= 15 is 0 Å². The Morgan fingerprint density at radius 2 is 1.83 bits per heavy atom. The van der Waals surface area contributed by atoms with Crippen molar-refractivity contribution in [2.75, 3.05) is 31.0 Å². The third-order valence-electron chi connectivity index (χ3n) is 3.86. The zero-order valence-corrected chi connectivity index (χ0v) is 13.5. The lowest BCUT2D eigenvalue weighted by molar-refractivity contribution is -0.117. The maximum Gasteiger partial charge on any atom is 0.411 e. The predicted octanol–water partition coefficient (Wildman–Crippen LogP) is 3.40. The van der Waals surface area contributed by atoms with Crippen LogP contribution in [0.5, 0.6) is 0 Å². The first-order chi connectivity index (χ1) is 11.2. The van der Waals surface area contributed by atoms with Crippen molar-refractivity contribution in [2.45, 2.75) is 32.1 Å². The Morgan fingerprint density at radius 3 is 2.52 bits per heavy atom. The van der Waals surface area contributed by atoms with E-state index in [4.69, 9.17) is 9.47 Å². The van der Waals surface area contributed by atoms with Crippen molar-refractivity contribution in [3.8, 4) is 0 Å². The molecule has 23 heavy (non-hydrogen) atoms. The molecular formula is C17H24N2O4. The standard InChI is InChI=1S/C17H24N2O4/c1-22-9-10-23-17(21)19-15-8-4-7-14(12-15)18-16(20)11-13-5-2-3-6-13/h4,7-8,12-13H,2-3,5-6,9-11H2,1H3,(H,18,20)(H,19,21). The summed E-state index contributed by atoms with van der Waals surface area (Å²) in [6, 6.07) is 7.03. The van der Waals surface area contributed by atoms with Crippen molar-refractivity contribution >= 4 is 23.4 Å². The molecule has 0 atom stereocenters. The van der Waals surface area contributed by atoms with Gasteiger partial charge >= 0.3 is 6.09 Å². The molecule has 1 aliphatic rings. The largest absolute Gasteiger partial charge is 0.447 e. The summed E-state index contributed by atoms with van der Waals surface area (Å²) < 4.78 is 9.74. The summed E-state index contributed by atoms with van der Waals surface area (Å²) >= 11 is 0. The zero-order chi connectivity index (χ0) is 16.5. The highest BCUT2D eigenvalue weighted by Gasteiger charge is 2.18. The smallest absolute Gasteiger partial charge is 0.411 e. The highest BCUT2D eigenvalue weighted by molar-refractivity contribution is 5.92. The van der Waals surface area contributed by atoms with Crippen LogP contribution in [0, 0.1) is 5.92 Å². The molecule has 0 saturated heterocycles. The Morgan fingerprint density at radius 1 is 1.13 bits per heavy atom. The van der Waals surface area contributed by atoms with E-state index in [1.807, 2.05) is 0 Å². The number of ether oxygens (including phenoxy) is 2. The normalized spacial score (nSPS) is 14.5. The maximum atomic E-state index is 12.0. The van der Waals surface area contributed by atoms with Crippen molar-refractivity contribution in [2.24, 2.45) is 5.92 Å². The fraction of sp³-hybridized carbons (Fsp3) is 0.529. The fourth-order valence-corrected chi connectivity index (χ4v) is 2.74. The van der Waals surface area contributed by atoms with E-state index in [1.165, 1.54) is 12.8 Å². The van der Waals surface area contributed by atoms with Gasteiger partial charge in [-0.05, 0) is 37.0 Å². The summed E-state index contributed by atoms with van der Waals surface area (Å²) in [4.78, 5) is 23.6. The zero-order valence-electron chi connectivity index (χ0n) is 13.5. The SMILES string of the molecule is COCCOC(=O)Nc1cccc(NC(=O)CC2CCCC2)c1. The van der Waals surface area contributed by atoms with E-state index in [0.29, 0.717) is 30.3 Å². The molecule has 0 heterocycles. The average Bonchev–Trinajstić information content (AvgIpc) is 3.00. The molecular weight excluding hydrogens is 296 g/mol.